The van der Waals surface area contributed by atoms with E-state index in [0.29, 0.717) is 22.3 Å². The van der Waals surface area contributed by atoms with E-state index in [1.807, 2.05) is 19.1 Å². The minimum absolute atomic E-state index is 0.133. The van der Waals surface area contributed by atoms with Gasteiger partial charge in [0, 0.05) is 16.7 Å². The zero-order valence-electron chi connectivity index (χ0n) is 13.5. The highest BCUT2D eigenvalue weighted by Crippen LogP contribution is 2.36. The van der Waals surface area contributed by atoms with Gasteiger partial charge in [-0.2, -0.15) is 0 Å². The molecule has 2 heteroatoms. The molecule has 0 radical (unpaired) electrons. The molecular formula is C20H20O2. The third kappa shape index (κ3) is 2.54. The van der Waals surface area contributed by atoms with Crippen molar-refractivity contribution in [1.82, 2.24) is 0 Å². The largest absolute Gasteiger partial charge is 0.289 e. The van der Waals surface area contributed by atoms with E-state index < -0.39 is 0 Å². The highest BCUT2D eigenvalue weighted by molar-refractivity contribution is 6.31. The molecule has 0 aromatic rings. The highest BCUT2D eigenvalue weighted by atomic mass is 16.1. The van der Waals surface area contributed by atoms with Crippen LogP contribution in [0.2, 0.25) is 0 Å². The second-order valence-corrected chi connectivity index (χ2v) is 6.48. The maximum absolute atomic E-state index is 12.7. The molecule has 0 spiro atoms. The molecule has 0 atom stereocenters. The van der Waals surface area contributed by atoms with Crippen LogP contribution in [-0.2, 0) is 9.59 Å². The van der Waals surface area contributed by atoms with Gasteiger partial charge in [0.1, 0.15) is 0 Å². The first-order valence-corrected chi connectivity index (χ1v) is 7.21. The molecule has 0 N–H and O–H groups in total. The first-order valence-electron chi connectivity index (χ1n) is 7.21. The van der Waals surface area contributed by atoms with Gasteiger partial charge in [0.2, 0.25) is 5.78 Å². The highest BCUT2D eigenvalue weighted by Gasteiger charge is 2.34. The normalized spacial score (nSPS) is 18.7. The molecule has 112 valence electrons. The molecule has 2 aliphatic rings. The summed E-state index contributed by atoms with van der Waals surface area (Å²) in [6.45, 7) is 15.4. The number of carbonyl (C=O) groups excluding carboxylic acids is 2. The Morgan fingerprint density at radius 2 is 1.55 bits per heavy atom. The first kappa shape index (κ1) is 15.9. The van der Waals surface area contributed by atoms with Gasteiger partial charge in [0.05, 0.1) is 5.57 Å². The predicted molar refractivity (Wildman–Crippen MR) is 89.3 cm³/mol. The van der Waals surface area contributed by atoms with E-state index in [9.17, 15) is 9.59 Å². The quantitative estimate of drug-likeness (QED) is 0.715. The summed E-state index contributed by atoms with van der Waals surface area (Å²) in [6, 6.07) is 0. The number of hydrogen-bond donors (Lipinski definition) is 0. The van der Waals surface area contributed by atoms with Gasteiger partial charge in [0.15, 0.2) is 5.78 Å². The van der Waals surface area contributed by atoms with Crippen LogP contribution < -0.4 is 0 Å². The third-order valence-electron chi connectivity index (χ3n) is 3.79. The van der Waals surface area contributed by atoms with Gasteiger partial charge in [0.25, 0.3) is 0 Å². The number of allylic oxidation sites excluding steroid dienone is 9. The number of carbonyl (C=O) groups is 2. The summed E-state index contributed by atoms with van der Waals surface area (Å²) in [5.41, 5.74) is 6.08. The van der Waals surface area contributed by atoms with Gasteiger partial charge >= 0.3 is 0 Å². The summed E-state index contributed by atoms with van der Waals surface area (Å²) >= 11 is 0. The number of fused-ring (bicyclic) bond motifs is 1. The van der Waals surface area contributed by atoms with Crippen molar-refractivity contribution in [2.45, 2.75) is 27.7 Å². The van der Waals surface area contributed by atoms with Crippen LogP contribution in [0.3, 0.4) is 0 Å². The van der Waals surface area contributed by atoms with Crippen molar-refractivity contribution in [2.24, 2.45) is 5.41 Å². The number of hydrogen-bond acceptors (Lipinski definition) is 2. The van der Waals surface area contributed by atoms with Crippen LogP contribution in [0.5, 0.6) is 0 Å². The molecule has 0 bridgehead atoms. The van der Waals surface area contributed by atoms with Crippen LogP contribution in [-0.4, -0.2) is 11.6 Å². The van der Waals surface area contributed by atoms with Gasteiger partial charge in [-0.05, 0) is 35.6 Å². The molecular weight excluding hydrogens is 272 g/mol. The fourth-order valence-electron chi connectivity index (χ4n) is 2.52. The predicted octanol–water partition coefficient (Wildman–Crippen LogP) is 4.19. The molecule has 0 aromatic heterocycles. The molecule has 0 aliphatic heterocycles. The Balaban J connectivity index is 2.81. The Bertz CT molecular complexity index is 765. The zero-order chi connectivity index (χ0) is 16.7. The molecule has 0 unspecified atom stereocenters. The van der Waals surface area contributed by atoms with Crippen molar-refractivity contribution in [1.29, 1.82) is 0 Å². The van der Waals surface area contributed by atoms with Crippen molar-refractivity contribution in [3.05, 3.63) is 76.6 Å². The molecule has 0 aromatic carbocycles. The average molecular weight is 292 g/mol. The fourth-order valence-corrected chi connectivity index (χ4v) is 2.52. The lowest BCUT2D eigenvalue weighted by Crippen LogP contribution is -2.23. The molecule has 0 fully saturated rings. The Morgan fingerprint density at radius 3 is 2.05 bits per heavy atom. The first-order chi connectivity index (χ1) is 10.2. The molecule has 0 saturated heterocycles. The lowest BCUT2D eigenvalue weighted by atomic mass is 9.79. The lowest BCUT2D eigenvalue weighted by molar-refractivity contribution is -0.116. The van der Waals surface area contributed by atoms with Crippen LogP contribution in [0.4, 0.5) is 0 Å². The summed E-state index contributed by atoms with van der Waals surface area (Å²) in [5, 5.41) is 0. The maximum Gasteiger partial charge on any atom is 0.202 e. The van der Waals surface area contributed by atoms with Crippen LogP contribution >= 0.6 is 0 Å². The zero-order valence-corrected chi connectivity index (χ0v) is 13.5. The molecule has 0 saturated carbocycles. The number of Topliss-reactive ketones (excluding diaryl/α,β-unsaturated/α-hetero) is 2. The van der Waals surface area contributed by atoms with E-state index in [2.05, 4.69) is 39.7 Å². The van der Waals surface area contributed by atoms with Crippen LogP contribution in [0, 0.1) is 5.41 Å². The van der Waals surface area contributed by atoms with Gasteiger partial charge in [-0.1, -0.05) is 46.1 Å². The summed E-state index contributed by atoms with van der Waals surface area (Å²) in [7, 11) is 0. The third-order valence-corrected chi connectivity index (χ3v) is 3.79. The molecule has 2 aliphatic carbocycles. The molecule has 22 heavy (non-hydrogen) atoms. The van der Waals surface area contributed by atoms with Gasteiger partial charge in [-0.25, -0.2) is 0 Å². The Labute approximate surface area is 131 Å². The molecule has 0 heterocycles. The van der Waals surface area contributed by atoms with Gasteiger partial charge < -0.3 is 0 Å². The number of rotatable bonds is 2. The lowest BCUT2D eigenvalue weighted by Gasteiger charge is -2.22. The Hall–Kier alpha value is -2.44. The van der Waals surface area contributed by atoms with E-state index in [-0.39, 0.29) is 17.0 Å². The number of ketones is 2. The van der Waals surface area contributed by atoms with Gasteiger partial charge in [-0.15, -0.1) is 5.73 Å². The molecule has 2 rings (SSSR count). The van der Waals surface area contributed by atoms with Crippen LogP contribution in [0.25, 0.3) is 0 Å². The summed E-state index contributed by atoms with van der Waals surface area (Å²) in [6.07, 6.45) is 6.63. The minimum atomic E-state index is -0.223. The van der Waals surface area contributed by atoms with Crippen LogP contribution in [0.1, 0.15) is 27.7 Å². The Morgan fingerprint density at radius 1 is 1.00 bits per heavy atom. The van der Waals surface area contributed by atoms with E-state index in [4.69, 9.17) is 0 Å². The van der Waals surface area contributed by atoms with Crippen molar-refractivity contribution < 1.29 is 9.59 Å². The van der Waals surface area contributed by atoms with Crippen molar-refractivity contribution in [3.8, 4) is 0 Å². The van der Waals surface area contributed by atoms with E-state index in [1.54, 1.807) is 0 Å². The Kier molecular flexibility index (Phi) is 3.91. The van der Waals surface area contributed by atoms with Crippen molar-refractivity contribution in [2.75, 3.05) is 0 Å². The van der Waals surface area contributed by atoms with Crippen molar-refractivity contribution in [3.63, 3.8) is 0 Å². The molecule has 0 amide bonds. The topological polar surface area (TPSA) is 34.1 Å². The minimum Gasteiger partial charge on any atom is -0.289 e. The molecule has 2 nitrogen and oxygen atoms in total. The van der Waals surface area contributed by atoms with E-state index in [0.717, 1.165) is 11.1 Å². The monoisotopic (exact) mass is 292 g/mol. The maximum atomic E-state index is 12.7. The second-order valence-electron chi connectivity index (χ2n) is 6.48. The SMILES string of the molecule is C=CC1=C(C=C)C(=O)C2=CC(C(C)(C)C)=CC(C)=C=C2C1=O. The van der Waals surface area contributed by atoms with E-state index in [1.165, 1.54) is 12.2 Å². The van der Waals surface area contributed by atoms with Crippen LogP contribution in [0.15, 0.2) is 76.6 Å². The fraction of sp³-hybridized carbons (Fsp3) is 0.250. The van der Waals surface area contributed by atoms with Gasteiger partial charge in [-0.3, -0.25) is 9.59 Å². The summed E-state index contributed by atoms with van der Waals surface area (Å²) < 4.78 is 0. The smallest absolute Gasteiger partial charge is 0.202 e. The average Bonchev–Trinajstić information content (AvgIpc) is 2.61. The second kappa shape index (κ2) is 5.40. The summed E-state index contributed by atoms with van der Waals surface area (Å²) in [5.74, 6) is -0.421. The van der Waals surface area contributed by atoms with Crippen molar-refractivity contribution >= 4 is 11.6 Å². The van der Waals surface area contributed by atoms with E-state index >= 15 is 0 Å². The summed E-state index contributed by atoms with van der Waals surface area (Å²) in [4.78, 5) is 25.4. The standard InChI is InChI=1S/C20H20O2/c1-7-14-15(8-2)19(22)17-11-13(20(4,5)6)9-12(3)10-16(17)18(14)21/h7-9,11H,1-2H2,3-6H3.